The Bertz CT molecular complexity index is 3610. The van der Waals surface area contributed by atoms with Gasteiger partial charge in [0.2, 0.25) is 6.29 Å². The van der Waals surface area contributed by atoms with Crippen molar-refractivity contribution < 1.29 is 213 Å². The number of aliphatic hydroxyl groups is 24. The number of fused-ring (bicyclic) bond motifs is 7. The van der Waals surface area contributed by atoms with E-state index in [2.05, 4.69) is 54.5 Å². The number of carbonyl (C=O) groups excluding carboxylic acids is 1. The largest absolute Gasteiger partial charge is 0.432 e. The first-order valence-corrected chi connectivity index (χ1v) is 43.8. The van der Waals surface area contributed by atoms with Crippen molar-refractivity contribution in [1.82, 2.24) is 0 Å². The van der Waals surface area contributed by atoms with Crippen LogP contribution in [0.25, 0.3) is 0 Å². The zero-order chi connectivity index (χ0) is 91.0. The highest BCUT2D eigenvalue weighted by atomic mass is 16.8. The van der Waals surface area contributed by atoms with E-state index in [9.17, 15) is 123 Å². The Morgan fingerprint density at radius 2 is 0.832 bits per heavy atom. The first-order chi connectivity index (χ1) is 58.6. The monoisotopic (exact) mass is 1810 g/mol. The molecule has 0 aromatic rings. The Morgan fingerprint density at radius 1 is 0.384 bits per heavy atom. The summed E-state index contributed by atoms with van der Waals surface area (Å²) in [4.78, 5) is 15.4. The van der Waals surface area contributed by atoms with Gasteiger partial charge in [0.05, 0.1) is 69.5 Å². The summed E-state index contributed by atoms with van der Waals surface area (Å²) in [5, 5.41) is 264. The van der Waals surface area contributed by atoms with E-state index in [4.69, 9.17) is 85.3 Å². The Morgan fingerprint density at radius 3 is 1.41 bits per heavy atom. The summed E-state index contributed by atoms with van der Waals surface area (Å²) in [5.41, 5.74) is -1.87. The number of esters is 1. The van der Waals surface area contributed by atoms with Crippen LogP contribution in [0.5, 0.6) is 0 Å². The lowest BCUT2D eigenvalue weighted by atomic mass is 9.33. The Balaban J connectivity index is 0.590. The number of allylic oxidation sites excluding steroid dienone is 2. The van der Waals surface area contributed by atoms with Crippen LogP contribution in [0, 0.1) is 50.2 Å². The summed E-state index contributed by atoms with van der Waals surface area (Å²) in [6.07, 6.45) is -65.4. The molecular weight excluding hydrogens is 1670 g/mol. The highest BCUT2D eigenvalue weighted by Gasteiger charge is 2.71. The molecule has 0 bridgehead atoms. The van der Waals surface area contributed by atoms with E-state index < -0.39 is 325 Å². The average molecular weight is 1810 g/mol. The average Bonchev–Trinajstić information content (AvgIpc) is 0.673. The molecule has 9 heterocycles. The van der Waals surface area contributed by atoms with Gasteiger partial charge >= 0.3 is 5.97 Å². The van der Waals surface area contributed by atoms with E-state index in [0.717, 1.165) is 18.4 Å². The molecule has 9 saturated heterocycles. The molecule has 51 unspecified atom stereocenters. The lowest BCUT2D eigenvalue weighted by Crippen LogP contribution is -2.66. The van der Waals surface area contributed by atoms with E-state index >= 15 is 4.79 Å². The van der Waals surface area contributed by atoms with Crippen LogP contribution in [-0.4, -0.2) is 438 Å². The fraction of sp³-hybridized carbons (Fsp3) is 0.963. The standard InChI is InChI=1S/C82H134O43/c1-28-42(85)50(93)57(100)67(113-28)109-24-35-46(89)52(95)58(101)68(117-35)110-25-36-47(90)53(96)60(103)72(118-36)119-38-27-112-70(56(99)49(38)92)123-65-44(87)30(3)115-74(63(65)106)124-66-45(88)33(84)23-108-75(66)121-41-14-15-79(8)39(78(41,6)7)13-16-81(10)40(79)12-11-31-32-21-77(4,5)17-19-82(32,20-18-80(31,81)9)76(107)125-73-61(104)54(97)48(91)37(120-73)26-111-69-62(105)55(98)64(34(22-83)116-69)122-71-59(102)51(94)43(86)29(2)114-71/h11,28-30,32-75,83-106H,12-27H2,1-10H3. The molecule has 9 aliphatic heterocycles. The predicted octanol–water partition coefficient (Wildman–Crippen LogP) is -8.55. The van der Waals surface area contributed by atoms with Crippen LogP contribution in [0.3, 0.4) is 0 Å². The molecule has 4 saturated carbocycles. The minimum atomic E-state index is -2.06. The molecule has 0 radical (unpaired) electrons. The first kappa shape index (κ1) is 98.6. The van der Waals surface area contributed by atoms with Gasteiger partial charge in [-0.25, -0.2) is 0 Å². The van der Waals surface area contributed by atoms with Gasteiger partial charge in [-0.2, -0.15) is 0 Å². The predicted molar refractivity (Wildman–Crippen MR) is 410 cm³/mol. The number of carbonyl (C=O) groups is 1. The van der Waals surface area contributed by atoms with Crippen molar-refractivity contribution in [2.75, 3.05) is 39.6 Å². The number of hydrogen-bond acceptors (Lipinski definition) is 43. The lowest BCUT2D eigenvalue weighted by Gasteiger charge is -2.71. The summed E-state index contributed by atoms with van der Waals surface area (Å²) in [5.74, 6) is -0.851. The van der Waals surface area contributed by atoms with Gasteiger partial charge in [-0.3, -0.25) is 4.79 Å². The van der Waals surface area contributed by atoms with Crippen LogP contribution in [0.4, 0.5) is 0 Å². The quantitative estimate of drug-likeness (QED) is 0.0272. The molecule has 0 spiro atoms. The third kappa shape index (κ3) is 18.1. The van der Waals surface area contributed by atoms with E-state index in [1.165, 1.54) is 20.8 Å². The van der Waals surface area contributed by atoms with Crippen LogP contribution >= 0.6 is 0 Å². The van der Waals surface area contributed by atoms with Crippen molar-refractivity contribution in [1.29, 1.82) is 0 Å². The van der Waals surface area contributed by atoms with E-state index in [1.54, 1.807) is 0 Å². The van der Waals surface area contributed by atoms with Crippen LogP contribution < -0.4 is 0 Å². The fourth-order valence-corrected chi connectivity index (χ4v) is 22.9. The second-order valence-corrected chi connectivity index (χ2v) is 39.5. The molecule has 14 aliphatic rings. The molecule has 51 atom stereocenters. The Labute approximate surface area is 721 Å². The molecule has 720 valence electrons. The van der Waals surface area contributed by atoms with Crippen LogP contribution in [0.2, 0.25) is 0 Å². The summed E-state index contributed by atoms with van der Waals surface area (Å²) < 4.78 is 106. The van der Waals surface area contributed by atoms with Gasteiger partial charge < -0.3 is 208 Å². The van der Waals surface area contributed by atoms with Crippen molar-refractivity contribution in [2.24, 2.45) is 50.2 Å². The minimum absolute atomic E-state index is 0.0268. The summed E-state index contributed by atoms with van der Waals surface area (Å²) in [6.45, 7) is 15.9. The van der Waals surface area contributed by atoms with Crippen molar-refractivity contribution in [3.05, 3.63) is 11.6 Å². The minimum Gasteiger partial charge on any atom is -0.432 e. The summed E-state index contributed by atoms with van der Waals surface area (Å²) in [7, 11) is 0. The maximum atomic E-state index is 15.4. The molecule has 0 aromatic heterocycles. The van der Waals surface area contributed by atoms with Crippen molar-refractivity contribution in [3.8, 4) is 0 Å². The highest BCUT2D eigenvalue weighted by Crippen LogP contribution is 2.76. The van der Waals surface area contributed by atoms with Gasteiger partial charge in [0.25, 0.3) is 0 Å². The Kier molecular flexibility index (Phi) is 30.0. The SMILES string of the molecule is CC1OC(OCC2OC(OCC3OC(OC4COC(OC5C(O)C(C)OC(OC6C(OC7CCC8(C)C(CCC9(C)C8CC=C8C%10CC(C)(C)CCC%10(C(=O)OC%10OC(COC%11OC(CO)C(OC%12OC(C)C(O)C(O)C%12O)C(O)C%11O)C(O)C(O)C%10O)CCC89C)C7(C)C)OCC(O)C6O)C5O)C(O)C4O)C(O)C(O)C3O)C(O)C(O)C2O)C(O)C(O)C1O. The molecule has 14 rings (SSSR count). The van der Waals surface area contributed by atoms with Crippen molar-refractivity contribution in [2.45, 2.75) is 404 Å². The summed E-state index contributed by atoms with van der Waals surface area (Å²) >= 11 is 0. The van der Waals surface area contributed by atoms with E-state index in [-0.39, 0.29) is 40.6 Å². The van der Waals surface area contributed by atoms with E-state index in [1.807, 2.05) is 0 Å². The zero-order valence-electron chi connectivity index (χ0n) is 71.5. The molecular formula is C82H134O43. The van der Waals surface area contributed by atoms with Crippen LogP contribution in [0.15, 0.2) is 11.6 Å². The second kappa shape index (κ2) is 38.0. The van der Waals surface area contributed by atoms with Crippen molar-refractivity contribution in [3.63, 3.8) is 0 Å². The molecule has 43 nitrogen and oxygen atoms in total. The number of rotatable bonds is 22. The third-order valence-electron chi connectivity index (χ3n) is 31.1. The highest BCUT2D eigenvalue weighted by molar-refractivity contribution is 5.79. The topological polar surface area (TPSA) is 669 Å². The van der Waals surface area contributed by atoms with Crippen LogP contribution in [0.1, 0.15) is 133 Å². The molecule has 125 heavy (non-hydrogen) atoms. The second-order valence-electron chi connectivity index (χ2n) is 39.5. The third-order valence-corrected chi connectivity index (χ3v) is 31.1. The van der Waals surface area contributed by atoms with Gasteiger partial charge in [-0.15, -0.1) is 0 Å². The summed E-state index contributed by atoms with van der Waals surface area (Å²) in [6, 6.07) is 0. The van der Waals surface area contributed by atoms with E-state index in [0.29, 0.717) is 51.4 Å². The molecule has 24 N–H and O–H groups in total. The zero-order valence-corrected chi connectivity index (χ0v) is 71.5. The number of ether oxygens (including phenoxy) is 18. The molecule has 43 heteroatoms. The Hall–Kier alpha value is -2.43. The fourth-order valence-electron chi connectivity index (χ4n) is 22.9. The molecule has 13 fully saturated rings. The van der Waals surface area contributed by atoms with Gasteiger partial charge in [-0.05, 0) is 130 Å². The molecule has 5 aliphatic carbocycles. The smallest absolute Gasteiger partial charge is 0.315 e. The molecule has 0 aromatic carbocycles. The maximum Gasteiger partial charge on any atom is 0.315 e. The lowest BCUT2D eigenvalue weighted by molar-refractivity contribution is -0.383. The first-order valence-electron chi connectivity index (χ1n) is 43.8. The van der Waals surface area contributed by atoms with Crippen LogP contribution in [-0.2, 0) is 90.1 Å². The number of aliphatic hydroxyl groups excluding tert-OH is 24. The van der Waals surface area contributed by atoms with Gasteiger partial charge in [0.15, 0.2) is 50.3 Å². The van der Waals surface area contributed by atoms with Gasteiger partial charge in [-0.1, -0.05) is 60.1 Å². The van der Waals surface area contributed by atoms with Crippen molar-refractivity contribution >= 4 is 5.97 Å². The maximum absolute atomic E-state index is 15.4. The molecule has 0 amide bonds. The van der Waals surface area contributed by atoms with Gasteiger partial charge in [0.1, 0.15) is 189 Å². The normalized spacial score (nSPS) is 54.9. The van der Waals surface area contributed by atoms with Gasteiger partial charge in [0, 0.05) is 0 Å². The number of hydrogen-bond donors (Lipinski definition) is 24.